The second-order valence-corrected chi connectivity index (χ2v) is 2.98. The number of hydrogen-bond acceptors (Lipinski definition) is 1. The van der Waals surface area contributed by atoms with E-state index < -0.39 is 0 Å². The van der Waals surface area contributed by atoms with Crippen molar-refractivity contribution < 1.29 is 0 Å². The monoisotopic (exact) mass is 187 g/mol. The molecule has 0 unspecified atom stereocenters. The van der Waals surface area contributed by atoms with Gasteiger partial charge in [-0.25, -0.2) is 0 Å². The fourth-order valence-corrected chi connectivity index (χ4v) is 1.52. The van der Waals surface area contributed by atoms with E-state index >= 15 is 0 Å². The van der Waals surface area contributed by atoms with Crippen molar-refractivity contribution in [1.29, 1.82) is 0 Å². The van der Waals surface area contributed by atoms with Gasteiger partial charge in [0.15, 0.2) is 0 Å². The first kappa shape index (κ1) is 10.7. The van der Waals surface area contributed by atoms with Crippen LogP contribution >= 0.6 is 0 Å². The molecule has 1 aliphatic carbocycles. The first-order chi connectivity index (χ1) is 6.90. The smallest absolute Gasteiger partial charge is 0.0625 e. The molecule has 0 bridgehead atoms. The topological polar surface area (TPSA) is 12.4 Å². The summed E-state index contributed by atoms with van der Waals surface area (Å²) in [5.41, 5.74) is 3.69. The molecule has 0 N–H and O–H groups in total. The molecule has 0 saturated carbocycles. The van der Waals surface area contributed by atoms with E-state index in [1.807, 2.05) is 19.9 Å². The van der Waals surface area contributed by atoms with Gasteiger partial charge >= 0.3 is 0 Å². The lowest BCUT2D eigenvalue weighted by molar-refractivity contribution is 0.986. The molecule has 1 aromatic rings. The third kappa shape index (κ3) is 2.32. The van der Waals surface area contributed by atoms with Gasteiger partial charge in [-0.1, -0.05) is 32.1 Å². The maximum atomic E-state index is 3.90. The van der Waals surface area contributed by atoms with Crippen LogP contribution in [0.15, 0.2) is 29.3 Å². The fourth-order valence-electron chi connectivity index (χ4n) is 1.52. The minimum atomic E-state index is 0.976. The van der Waals surface area contributed by atoms with Gasteiger partial charge in [0.2, 0.25) is 0 Å². The zero-order valence-corrected chi connectivity index (χ0v) is 8.96. The molecule has 0 fully saturated rings. The molecular weight excluding hydrogens is 170 g/mol. The molecule has 0 radical (unpaired) electrons. The molecule has 0 heterocycles. The van der Waals surface area contributed by atoms with Crippen LogP contribution in [0.5, 0.6) is 0 Å². The predicted octanol–water partition coefficient (Wildman–Crippen LogP) is 4.00. The molecule has 14 heavy (non-hydrogen) atoms. The number of nitrogens with zero attached hydrogens (tertiary/aromatic N) is 1. The number of hydrogen-bond donors (Lipinski definition) is 0. The summed E-state index contributed by atoms with van der Waals surface area (Å²) in [6.45, 7) is 7.51. The number of aliphatic imine (C=N–C) groups is 1. The number of allylic oxidation sites excluding steroid dienone is 1. The highest BCUT2D eigenvalue weighted by molar-refractivity contribution is 5.61. The molecule has 1 nitrogen and oxygen atoms in total. The maximum Gasteiger partial charge on any atom is 0.0625 e. The summed E-state index contributed by atoms with van der Waals surface area (Å²) in [7, 11) is 0. The summed E-state index contributed by atoms with van der Waals surface area (Å²) in [6, 6.07) is 6.22. The van der Waals surface area contributed by atoms with Crippen LogP contribution in [0, 0.1) is 0 Å². The van der Waals surface area contributed by atoms with Crippen LogP contribution in [0.2, 0.25) is 0 Å². The Morgan fingerprint density at radius 1 is 1.29 bits per heavy atom. The number of aryl methyl sites for hydroxylation is 1. The van der Waals surface area contributed by atoms with Crippen molar-refractivity contribution in [3.05, 3.63) is 35.4 Å². The van der Waals surface area contributed by atoms with Gasteiger partial charge in [-0.2, -0.15) is 0 Å². The van der Waals surface area contributed by atoms with Crippen molar-refractivity contribution in [3.63, 3.8) is 0 Å². The third-order valence-corrected chi connectivity index (χ3v) is 2.19. The minimum absolute atomic E-state index is 0.976. The van der Waals surface area contributed by atoms with Crippen molar-refractivity contribution in [2.75, 3.05) is 0 Å². The highest BCUT2D eigenvalue weighted by Crippen LogP contribution is 2.23. The molecule has 0 aromatic heterocycles. The standard InChI is InChI=1S/C11H11N.C2H6/c1-12-11-7-6-9-4-2-3-5-10(9)8-11;1-2/h2,4,6-8H,1,3,5H2;1-2H3. The Morgan fingerprint density at radius 2 is 2.07 bits per heavy atom. The van der Waals surface area contributed by atoms with Gasteiger partial charge in [0.05, 0.1) is 5.69 Å². The normalized spacial score (nSPS) is 12.4. The molecule has 2 rings (SSSR count). The van der Waals surface area contributed by atoms with Gasteiger partial charge in [-0.3, -0.25) is 4.99 Å². The van der Waals surface area contributed by atoms with Crippen LogP contribution in [0.1, 0.15) is 31.4 Å². The van der Waals surface area contributed by atoms with Crippen molar-refractivity contribution in [2.45, 2.75) is 26.7 Å². The Balaban J connectivity index is 0.000000461. The van der Waals surface area contributed by atoms with E-state index in [1.54, 1.807) is 0 Å². The van der Waals surface area contributed by atoms with Crippen molar-refractivity contribution in [2.24, 2.45) is 4.99 Å². The molecule has 1 aromatic carbocycles. The third-order valence-electron chi connectivity index (χ3n) is 2.19. The van der Waals surface area contributed by atoms with E-state index in [0.717, 1.165) is 18.5 Å². The van der Waals surface area contributed by atoms with Crippen molar-refractivity contribution in [1.82, 2.24) is 0 Å². The molecular formula is C13H17N. The summed E-state index contributed by atoms with van der Waals surface area (Å²) in [4.78, 5) is 3.90. The Labute approximate surface area is 86.2 Å². The quantitative estimate of drug-likeness (QED) is 0.589. The van der Waals surface area contributed by atoms with Crippen LogP contribution in [-0.4, -0.2) is 6.72 Å². The Bertz CT molecular complexity index is 337. The van der Waals surface area contributed by atoms with E-state index in [4.69, 9.17) is 0 Å². The Kier molecular flexibility index (Phi) is 4.11. The molecule has 1 aliphatic rings. The van der Waals surface area contributed by atoms with E-state index in [-0.39, 0.29) is 0 Å². The molecule has 1 heteroatoms. The van der Waals surface area contributed by atoms with E-state index in [9.17, 15) is 0 Å². The molecule has 0 aliphatic heterocycles. The molecule has 0 atom stereocenters. The SMILES string of the molecule is C=Nc1ccc2c(c1)CCC=C2.CC. The molecule has 0 saturated heterocycles. The predicted molar refractivity (Wildman–Crippen MR) is 64.4 cm³/mol. The van der Waals surface area contributed by atoms with Gasteiger partial charge in [-0.05, 0) is 42.8 Å². The lowest BCUT2D eigenvalue weighted by Crippen LogP contribution is -1.92. The van der Waals surface area contributed by atoms with Crippen LogP contribution < -0.4 is 0 Å². The number of benzene rings is 1. The van der Waals surface area contributed by atoms with E-state index in [1.165, 1.54) is 11.1 Å². The average molecular weight is 187 g/mol. The lowest BCUT2D eigenvalue weighted by Gasteiger charge is -2.09. The van der Waals surface area contributed by atoms with Crippen LogP contribution in [-0.2, 0) is 6.42 Å². The second-order valence-electron chi connectivity index (χ2n) is 2.98. The summed E-state index contributed by atoms with van der Waals surface area (Å²) < 4.78 is 0. The van der Waals surface area contributed by atoms with E-state index in [0.29, 0.717) is 0 Å². The van der Waals surface area contributed by atoms with Crippen molar-refractivity contribution >= 4 is 18.5 Å². The summed E-state index contributed by atoms with van der Waals surface area (Å²) >= 11 is 0. The Morgan fingerprint density at radius 3 is 2.79 bits per heavy atom. The molecule has 74 valence electrons. The zero-order valence-electron chi connectivity index (χ0n) is 8.96. The second kappa shape index (κ2) is 5.38. The highest BCUT2D eigenvalue weighted by atomic mass is 14.7. The highest BCUT2D eigenvalue weighted by Gasteiger charge is 2.03. The van der Waals surface area contributed by atoms with Crippen LogP contribution in [0.4, 0.5) is 5.69 Å². The summed E-state index contributed by atoms with van der Waals surface area (Å²) in [5.74, 6) is 0. The van der Waals surface area contributed by atoms with Crippen molar-refractivity contribution in [3.8, 4) is 0 Å². The largest absolute Gasteiger partial charge is 0.265 e. The van der Waals surface area contributed by atoms with Crippen LogP contribution in [0.25, 0.3) is 6.08 Å². The average Bonchev–Trinajstić information content (AvgIpc) is 2.31. The minimum Gasteiger partial charge on any atom is -0.265 e. The first-order valence-corrected chi connectivity index (χ1v) is 5.16. The molecule has 0 amide bonds. The summed E-state index contributed by atoms with van der Waals surface area (Å²) in [6.07, 6.45) is 6.66. The molecule has 0 spiro atoms. The number of rotatable bonds is 1. The maximum absolute atomic E-state index is 3.90. The van der Waals surface area contributed by atoms with Gasteiger partial charge in [0.1, 0.15) is 0 Å². The number of fused-ring (bicyclic) bond motifs is 1. The van der Waals surface area contributed by atoms with Gasteiger partial charge in [0, 0.05) is 0 Å². The van der Waals surface area contributed by atoms with Gasteiger partial charge < -0.3 is 0 Å². The van der Waals surface area contributed by atoms with Gasteiger partial charge in [-0.15, -0.1) is 0 Å². The zero-order chi connectivity index (χ0) is 10.4. The fraction of sp³-hybridized carbons (Fsp3) is 0.308. The van der Waals surface area contributed by atoms with Crippen LogP contribution in [0.3, 0.4) is 0 Å². The van der Waals surface area contributed by atoms with Gasteiger partial charge in [0.25, 0.3) is 0 Å². The Hall–Kier alpha value is -1.37. The summed E-state index contributed by atoms with van der Waals surface area (Å²) in [5, 5.41) is 0. The van der Waals surface area contributed by atoms with E-state index in [2.05, 4.69) is 36.0 Å². The first-order valence-electron chi connectivity index (χ1n) is 5.16. The lowest BCUT2D eigenvalue weighted by atomic mass is 9.97.